The lowest BCUT2D eigenvalue weighted by atomic mass is 10.5. The molecule has 0 unspecified atom stereocenters. The first-order valence-electron chi connectivity index (χ1n) is 3.47. The molecule has 0 fully saturated rings. The van der Waals surface area contributed by atoms with Crippen LogP contribution in [0.1, 0.15) is 6.92 Å². The summed E-state index contributed by atoms with van der Waals surface area (Å²) in [6.45, 7) is 12.1. The van der Waals surface area contributed by atoms with E-state index in [1.165, 1.54) is 0 Å². The second-order valence-corrected chi connectivity index (χ2v) is 7.54. The van der Waals surface area contributed by atoms with Gasteiger partial charge in [0.1, 0.15) is 0 Å². The minimum Gasteiger partial charge on any atom is -0.545 e. The van der Waals surface area contributed by atoms with Gasteiger partial charge in [0, 0.05) is 0 Å². The van der Waals surface area contributed by atoms with E-state index in [0.29, 0.717) is 0 Å². The van der Waals surface area contributed by atoms with Gasteiger partial charge in [-0.1, -0.05) is 6.58 Å². The molecule has 10 heavy (non-hydrogen) atoms. The van der Waals surface area contributed by atoms with Gasteiger partial charge in [0.2, 0.25) is 8.32 Å². The second-order valence-electron chi connectivity index (χ2n) is 3.11. The molecule has 0 aromatic carbocycles. The van der Waals surface area contributed by atoms with Gasteiger partial charge >= 0.3 is 0 Å². The molecule has 0 N–H and O–H groups in total. The second kappa shape index (κ2) is 3.61. The van der Waals surface area contributed by atoms with Gasteiger partial charge in [-0.3, -0.25) is 0 Å². The van der Waals surface area contributed by atoms with Crippen molar-refractivity contribution in [2.45, 2.75) is 26.6 Å². The van der Waals surface area contributed by atoms with Crippen LogP contribution in [0.3, 0.4) is 0 Å². The Balaban J connectivity index is 4.01. The summed E-state index contributed by atoms with van der Waals surface area (Å²) in [4.78, 5) is 0. The monoisotopic (exact) mass is 156 g/mol. The topological polar surface area (TPSA) is 9.23 Å². The van der Waals surface area contributed by atoms with Crippen LogP contribution >= 0.6 is 0 Å². The van der Waals surface area contributed by atoms with Crippen LogP contribution in [0.5, 0.6) is 0 Å². The molecule has 58 valence electrons. The fourth-order valence-electron chi connectivity index (χ4n) is 0.572. The largest absolute Gasteiger partial charge is 0.545 e. The molecule has 0 aliphatic rings. The lowest BCUT2D eigenvalue weighted by Gasteiger charge is -2.19. The van der Waals surface area contributed by atoms with Crippen molar-refractivity contribution in [2.75, 3.05) is 0 Å². The van der Waals surface area contributed by atoms with Crippen LogP contribution in [0, 0.1) is 0 Å². The van der Waals surface area contributed by atoms with E-state index in [2.05, 4.69) is 26.2 Å². The Hall–Kier alpha value is -0.503. The van der Waals surface area contributed by atoms with Gasteiger partial charge in [-0.15, -0.1) is 0 Å². The Morgan fingerprint density at radius 2 is 1.90 bits per heavy atom. The van der Waals surface area contributed by atoms with Crippen molar-refractivity contribution in [3.05, 3.63) is 24.5 Å². The predicted molar refractivity (Wildman–Crippen MR) is 48.4 cm³/mol. The normalized spacial score (nSPS) is 13.0. The van der Waals surface area contributed by atoms with Gasteiger partial charge in [0.15, 0.2) is 0 Å². The van der Waals surface area contributed by atoms with Crippen LogP contribution in [-0.2, 0) is 4.43 Å². The summed E-state index contributed by atoms with van der Waals surface area (Å²) in [5.41, 5.74) is 0. The fourth-order valence-corrected chi connectivity index (χ4v) is 1.48. The molecule has 1 nitrogen and oxygen atoms in total. The van der Waals surface area contributed by atoms with Gasteiger partial charge in [0.25, 0.3) is 0 Å². The highest BCUT2D eigenvalue weighted by Crippen LogP contribution is 2.10. The Labute approximate surface area is 64.5 Å². The molecule has 0 rings (SSSR count). The van der Waals surface area contributed by atoms with E-state index in [-0.39, 0.29) is 0 Å². The molecule has 0 bridgehead atoms. The molecule has 2 heteroatoms. The van der Waals surface area contributed by atoms with Gasteiger partial charge in [-0.25, -0.2) is 0 Å². The van der Waals surface area contributed by atoms with Crippen LogP contribution in [0.15, 0.2) is 24.5 Å². The molecular weight excluding hydrogens is 140 g/mol. The van der Waals surface area contributed by atoms with Crippen LogP contribution in [0.2, 0.25) is 19.6 Å². The number of allylic oxidation sites excluding steroid dienone is 2. The van der Waals surface area contributed by atoms with Crippen molar-refractivity contribution in [3.8, 4) is 0 Å². The summed E-state index contributed by atoms with van der Waals surface area (Å²) in [6, 6.07) is 0. The van der Waals surface area contributed by atoms with E-state index in [1.54, 1.807) is 6.08 Å². The minimum atomic E-state index is -1.40. The molecule has 0 radical (unpaired) electrons. The average molecular weight is 156 g/mol. The van der Waals surface area contributed by atoms with Crippen molar-refractivity contribution in [3.63, 3.8) is 0 Å². The Morgan fingerprint density at radius 1 is 1.40 bits per heavy atom. The Bertz CT molecular complexity index is 142. The maximum absolute atomic E-state index is 5.62. The van der Waals surface area contributed by atoms with E-state index < -0.39 is 8.32 Å². The standard InChI is InChI=1S/C8H16OSi/c1-6-8(7-2)9-10(3,4)5/h6-7H,1H2,2-5H3. The third-order valence-corrected chi connectivity index (χ3v) is 1.76. The van der Waals surface area contributed by atoms with Crippen LogP contribution in [0.4, 0.5) is 0 Å². The maximum Gasteiger partial charge on any atom is 0.242 e. The van der Waals surface area contributed by atoms with Crippen LogP contribution in [0.25, 0.3) is 0 Å². The molecular formula is C8H16OSi. The molecule has 0 saturated carbocycles. The first kappa shape index (κ1) is 9.50. The summed E-state index contributed by atoms with van der Waals surface area (Å²) in [5, 5.41) is 0. The van der Waals surface area contributed by atoms with E-state index in [0.717, 1.165) is 5.76 Å². The SMILES string of the molecule is C=CC(=CC)O[Si](C)(C)C. The van der Waals surface area contributed by atoms with Crippen LogP contribution in [-0.4, -0.2) is 8.32 Å². The minimum absolute atomic E-state index is 0.902. The van der Waals surface area contributed by atoms with Crippen LogP contribution < -0.4 is 0 Å². The number of hydrogen-bond donors (Lipinski definition) is 0. The third kappa shape index (κ3) is 4.38. The van der Waals surface area contributed by atoms with Crippen molar-refractivity contribution in [1.82, 2.24) is 0 Å². The van der Waals surface area contributed by atoms with Crippen molar-refractivity contribution in [2.24, 2.45) is 0 Å². The summed E-state index contributed by atoms with van der Waals surface area (Å²) in [6.07, 6.45) is 3.68. The average Bonchev–Trinajstić information content (AvgIpc) is 1.81. The molecule has 0 spiro atoms. The summed E-state index contributed by atoms with van der Waals surface area (Å²) in [5.74, 6) is 0.902. The fraction of sp³-hybridized carbons (Fsp3) is 0.500. The molecule has 0 aliphatic carbocycles. The van der Waals surface area contributed by atoms with Gasteiger partial charge in [-0.05, 0) is 38.7 Å². The zero-order valence-electron chi connectivity index (χ0n) is 7.27. The molecule has 0 aromatic heterocycles. The smallest absolute Gasteiger partial charge is 0.242 e. The quantitative estimate of drug-likeness (QED) is 0.347. The van der Waals surface area contributed by atoms with Crippen molar-refractivity contribution < 1.29 is 4.43 Å². The Kier molecular flexibility index (Phi) is 3.43. The Morgan fingerprint density at radius 3 is 2.00 bits per heavy atom. The maximum atomic E-state index is 5.62. The van der Waals surface area contributed by atoms with Gasteiger partial charge < -0.3 is 4.43 Å². The number of rotatable bonds is 3. The lowest BCUT2D eigenvalue weighted by molar-refractivity contribution is 0.441. The molecule has 0 heterocycles. The molecule has 0 aliphatic heterocycles. The molecule has 0 amide bonds. The number of hydrogen-bond acceptors (Lipinski definition) is 1. The first-order valence-corrected chi connectivity index (χ1v) is 6.88. The first-order chi connectivity index (χ1) is 4.49. The predicted octanol–water partition coefficient (Wildman–Crippen LogP) is 2.93. The summed E-state index contributed by atoms with van der Waals surface area (Å²) in [7, 11) is -1.40. The summed E-state index contributed by atoms with van der Waals surface area (Å²) < 4.78 is 5.62. The van der Waals surface area contributed by atoms with E-state index in [4.69, 9.17) is 4.43 Å². The van der Waals surface area contributed by atoms with Gasteiger partial charge in [0.05, 0.1) is 5.76 Å². The lowest BCUT2D eigenvalue weighted by Crippen LogP contribution is -2.24. The molecule has 0 atom stereocenters. The van der Waals surface area contributed by atoms with E-state index in [9.17, 15) is 0 Å². The van der Waals surface area contributed by atoms with E-state index >= 15 is 0 Å². The zero-order valence-corrected chi connectivity index (χ0v) is 8.27. The van der Waals surface area contributed by atoms with Crippen molar-refractivity contribution in [1.29, 1.82) is 0 Å². The van der Waals surface area contributed by atoms with Crippen molar-refractivity contribution >= 4 is 8.32 Å². The van der Waals surface area contributed by atoms with Gasteiger partial charge in [-0.2, -0.15) is 0 Å². The highest BCUT2D eigenvalue weighted by Gasteiger charge is 2.15. The molecule has 0 saturated heterocycles. The zero-order chi connectivity index (χ0) is 8.20. The highest BCUT2D eigenvalue weighted by atomic mass is 28.4. The highest BCUT2D eigenvalue weighted by molar-refractivity contribution is 6.70. The molecule has 0 aromatic rings. The summed E-state index contributed by atoms with van der Waals surface area (Å²) >= 11 is 0. The third-order valence-electron chi connectivity index (χ3n) is 0.910. The van der Waals surface area contributed by atoms with E-state index in [1.807, 2.05) is 13.0 Å².